The second-order valence-corrected chi connectivity index (χ2v) is 9.45. The van der Waals surface area contributed by atoms with Crippen LogP contribution in [0.4, 0.5) is 4.39 Å². The molecule has 0 radical (unpaired) electrons. The SMILES string of the molecule is CC1=C[C@@H](CNC(=O)c2cccc(F)c2)[C@H](C(C)C)C[C@H]1CC(=O)N(C)Cc1cccnc1. The second kappa shape index (κ2) is 11.2. The number of nitrogens with zero attached hydrogens (tertiary/aromatic N) is 2. The van der Waals surface area contributed by atoms with Crippen LogP contribution < -0.4 is 5.32 Å². The molecule has 0 saturated heterocycles. The Hall–Kier alpha value is -3.02. The maximum Gasteiger partial charge on any atom is 0.251 e. The minimum Gasteiger partial charge on any atom is -0.351 e. The van der Waals surface area contributed by atoms with E-state index in [1.54, 1.807) is 29.4 Å². The fourth-order valence-corrected chi connectivity index (χ4v) is 4.67. The summed E-state index contributed by atoms with van der Waals surface area (Å²) >= 11 is 0. The molecule has 0 unspecified atom stereocenters. The Bertz CT molecular complexity index is 990. The van der Waals surface area contributed by atoms with Gasteiger partial charge < -0.3 is 10.2 Å². The number of benzene rings is 1. The van der Waals surface area contributed by atoms with Gasteiger partial charge in [0, 0.05) is 44.5 Å². The molecule has 0 aliphatic heterocycles. The van der Waals surface area contributed by atoms with E-state index in [4.69, 9.17) is 0 Å². The number of halogens is 1. The van der Waals surface area contributed by atoms with Crippen molar-refractivity contribution >= 4 is 11.8 Å². The third kappa shape index (κ3) is 6.73. The lowest BCUT2D eigenvalue weighted by molar-refractivity contribution is -0.131. The van der Waals surface area contributed by atoms with E-state index in [1.165, 1.54) is 17.7 Å². The quantitative estimate of drug-likeness (QED) is 0.584. The van der Waals surface area contributed by atoms with Crippen molar-refractivity contribution in [2.45, 2.75) is 40.2 Å². The van der Waals surface area contributed by atoms with Crippen molar-refractivity contribution in [1.29, 1.82) is 0 Å². The summed E-state index contributed by atoms with van der Waals surface area (Å²) in [6.45, 7) is 7.50. The highest BCUT2D eigenvalue weighted by Crippen LogP contribution is 2.39. The zero-order chi connectivity index (χ0) is 24.0. The predicted molar refractivity (Wildman–Crippen MR) is 128 cm³/mol. The highest BCUT2D eigenvalue weighted by atomic mass is 19.1. The smallest absolute Gasteiger partial charge is 0.251 e. The van der Waals surface area contributed by atoms with Gasteiger partial charge in [-0.2, -0.15) is 0 Å². The van der Waals surface area contributed by atoms with Gasteiger partial charge in [-0.3, -0.25) is 14.6 Å². The fraction of sp³-hybridized carbons (Fsp3) is 0.444. The maximum absolute atomic E-state index is 13.4. The summed E-state index contributed by atoms with van der Waals surface area (Å²) in [4.78, 5) is 31.3. The number of carbonyl (C=O) groups excluding carboxylic acids is 2. The third-order valence-electron chi connectivity index (χ3n) is 6.66. The molecule has 176 valence electrons. The van der Waals surface area contributed by atoms with Crippen molar-refractivity contribution in [3.63, 3.8) is 0 Å². The lowest BCUT2D eigenvalue weighted by atomic mass is 9.69. The van der Waals surface area contributed by atoms with Crippen LogP contribution in [0.25, 0.3) is 0 Å². The Morgan fingerprint density at radius 1 is 1.24 bits per heavy atom. The summed E-state index contributed by atoms with van der Waals surface area (Å²) in [6, 6.07) is 9.58. The number of amides is 2. The molecule has 1 heterocycles. The molecule has 1 N–H and O–H groups in total. The first-order valence-corrected chi connectivity index (χ1v) is 11.6. The average molecular weight is 452 g/mol. The number of nitrogens with one attached hydrogen (secondary N) is 1. The largest absolute Gasteiger partial charge is 0.351 e. The minimum atomic E-state index is -0.419. The molecule has 0 spiro atoms. The topological polar surface area (TPSA) is 62.3 Å². The minimum absolute atomic E-state index is 0.122. The lowest BCUT2D eigenvalue weighted by Crippen LogP contribution is -2.38. The molecular weight excluding hydrogens is 417 g/mol. The molecule has 5 nitrogen and oxygen atoms in total. The summed E-state index contributed by atoms with van der Waals surface area (Å²) < 4.78 is 13.4. The van der Waals surface area contributed by atoms with Crippen LogP contribution in [0.1, 0.15) is 49.5 Å². The number of aromatic nitrogens is 1. The Morgan fingerprint density at radius 2 is 2.03 bits per heavy atom. The molecule has 2 amide bonds. The van der Waals surface area contributed by atoms with E-state index in [2.05, 4.69) is 37.1 Å². The molecule has 1 aromatic carbocycles. The zero-order valence-corrected chi connectivity index (χ0v) is 19.9. The Morgan fingerprint density at radius 3 is 2.70 bits per heavy atom. The van der Waals surface area contributed by atoms with Gasteiger partial charge in [-0.15, -0.1) is 0 Å². The monoisotopic (exact) mass is 451 g/mol. The van der Waals surface area contributed by atoms with Crippen LogP contribution in [0, 0.1) is 29.5 Å². The molecule has 33 heavy (non-hydrogen) atoms. The first kappa shape index (κ1) is 24.6. The van der Waals surface area contributed by atoms with Gasteiger partial charge in [-0.25, -0.2) is 4.39 Å². The Labute approximate surface area is 196 Å². The first-order chi connectivity index (χ1) is 15.7. The molecule has 3 atom stereocenters. The number of rotatable bonds is 8. The molecule has 3 rings (SSSR count). The summed E-state index contributed by atoms with van der Waals surface area (Å²) in [7, 11) is 1.84. The van der Waals surface area contributed by atoms with Gasteiger partial charge >= 0.3 is 0 Å². The molecule has 0 bridgehead atoms. The normalized spacial score (nSPS) is 20.3. The number of carbonyl (C=O) groups is 2. The van der Waals surface area contributed by atoms with Crippen molar-refractivity contribution in [3.05, 3.63) is 77.4 Å². The first-order valence-electron chi connectivity index (χ1n) is 11.6. The van der Waals surface area contributed by atoms with Crippen molar-refractivity contribution in [3.8, 4) is 0 Å². The molecular formula is C27H34FN3O2. The number of pyridine rings is 1. The van der Waals surface area contributed by atoms with E-state index in [-0.39, 0.29) is 23.7 Å². The highest BCUT2D eigenvalue weighted by Gasteiger charge is 2.33. The number of hydrogen-bond acceptors (Lipinski definition) is 3. The van der Waals surface area contributed by atoms with Gasteiger partial charge in [0.2, 0.25) is 5.91 Å². The lowest BCUT2D eigenvalue weighted by Gasteiger charge is -2.37. The standard InChI is InChI=1S/C27H34FN3O2/c1-18(2)25-13-22(14-26(32)31(4)17-20-7-6-10-29-15-20)19(3)11-23(25)16-30-27(33)21-8-5-9-24(28)12-21/h5-12,15,18,22-23,25H,13-14,16-17H2,1-4H3,(H,30,33)/t22-,23-,25-/m0/s1. The van der Waals surface area contributed by atoms with E-state index in [1.807, 2.05) is 19.2 Å². The van der Waals surface area contributed by atoms with Crippen molar-refractivity contribution in [2.75, 3.05) is 13.6 Å². The number of allylic oxidation sites excluding steroid dienone is 1. The van der Waals surface area contributed by atoms with Crippen LogP contribution in [0.15, 0.2) is 60.4 Å². The third-order valence-corrected chi connectivity index (χ3v) is 6.66. The molecule has 0 fully saturated rings. The number of hydrogen-bond donors (Lipinski definition) is 1. The van der Waals surface area contributed by atoms with Gasteiger partial charge in [-0.05, 0) is 66.8 Å². The van der Waals surface area contributed by atoms with Crippen LogP contribution in [0.5, 0.6) is 0 Å². The van der Waals surface area contributed by atoms with Crippen LogP contribution in [0.3, 0.4) is 0 Å². The van der Waals surface area contributed by atoms with E-state index >= 15 is 0 Å². The van der Waals surface area contributed by atoms with Crippen molar-refractivity contribution in [2.24, 2.45) is 23.7 Å². The molecule has 1 aliphatic rings. The zero-order valence-electron chi connectivity index (χ0n) is 19.9. The van der Waals surface area contributed by atoms with Crippen LogP contribution in [-0.2, 0) is 11.3 Å². The highest BCUT2D eigenvalue weighted by molar-refractivity contribution is 5.94. The van der Waals surface area contributed by atoms with Crippen molar-refractivity contribution in [1.82, 2.24) is 15.2 Å². The van der Waals surface area contributed by atoms with E-state index in [0.717, 1.165) is 12.0 Å². The fourth-order valence-electron chi connectivity index (χ4n) is 4.67. The van der Waals surface area contributed by atoms with Gasteiger partial charge in [0.1, 0.15) is 5.82 Å². The molecule has 1 aromatic heterocycles. The molecule has 2 aromatic rings. The Kier molecular flexibility index (Phi) is 8.37. The van der Waals surface area contributed by atoms with Gasteiger partial charge in [0.25, 0.3) is 5.91 Å². The van der Waals surface area contributed by atoms with Gasteiger partial charge in [-0.1, -0.05) is 37.6 Å². The summed E-state index contributed by atoms with van der Waals surface area (Å²) in [5.74, 6) is 0.573. The Balaban J connectivity index is 1.62. The predicted octanol–water partition coefficient (Wildman–Crippen LogP) is 4.85. The average Bonchev–Trinajstić information content (AvgIpc) is 2.79. The van der Waals surface area contributed by atoms with Crippen LogP contribution in [0.2, 0.25) is 0 Å². The van der Waals surface area contributed by atoms with Gasteiger partial charge in [0.15, 0.2) is 0 Å². The maximum atomic E-state index is 13.4. The second-order valence-electron chi connectivity index (χ2n) is 9.45. The van der Waals surface area contributed by atoms with E-state index in [9.17, 15) is 14.0 Å². The summed E-state index contributed by atoms with van der Waals surface area (Å²) in [5, 5.41) is 2.97. The van der Waals surface area contributed by atoms with E-state index < -0.39 is 5.82 Å². The molecule has 0 saturated carbocycles. The van der Waals surface area contributed by atoms with Crippen molar-refractivity contribution < 1.29 is 14.0 Å². The van der Waals surface area contributed by atoms with Crippen LogP contribution in [-0.4, -0.2) is 35.3 Å². The van der Waals surface area contributed by atoms with E-state index in [0.29, 0.717) is 36.9 Å². The molecule has 6 heteroatoms. The van der Waals surface area contributed by atoms with Gasteiger partial charge in [0.05, 0.1) is 0 Å². The summed E-state index contributed by atoms with van der Waals surface area (Å²) in [6.07, 6.45) is 7.12. The summed E-state index contributed by atoms with van der Waals surface area (Å²) in [5.41, 5.74) is 2.53. The molecule has 1 aliphatic carbocycles. The van der Waals surface area contributed by atoms with Crippen LogP contribution >= 0.6 is 0 Å².